The maximum Gasteiger partial charge on any atom is 0.160 e. The summed E-state index contributed by atoms with van der Waals surface area (Å²) in [6.07, 6.45) is -0.308. The van der Waals surface area contributed by atoms with Gasteiger partial charge in [-0.25, -0.2) is 9.98 Å². The van der Waals surface area contributed by atoms with Crippen LogP contribution in [0.5, 0.6) is 0 Å². The van der Waals surface area contributed by atoms with Gasteiger partial charge in [-0.05, 0) is 72.3 Å². The third-order valence-electron chi connectivity index (χ3n) is 8.71. The Morgan fingerprint density at radius 3 is 2.15 bits per heavy atom. The van der Waals surface area contributed by atoms with E-state index >= 15 is 0 Å². The largest absolute Gasteiger partial charge is 0.454 e. The van der Waals surface area contributed by atoms with Crippen LogP contribution in [-0.2, 0) is 0 Å². The van der Waals surface area contributed by atoms with E-state index in [2.05, 4.69) is 101 Å². The summed E-state index contributed by atoms with van der Waals surface area (Å²) < 4.78 is 8.81. The van der Waals surface area contributed by atoms with E-state index in [1.165, 1.54) is 5.39 Å². The fraction of sp³-hybridized carbons (Fsp3) is 0.0250. The molecule has 8 aromatic rings. The highest BCUT2D eigenvalue weighted by molar-refractivity contribution is 6.21. The van der Waals surface area contributed by atoms with Gasteiger partial charge >= 0.3 is 0 Å². The molecule has 0 saturated heterocycles. The molecule has 0 fully saturated rings. The molecule has 1 unspecified atom stereocenters. The predicted molar refractivity (Wildman–Crippen MR) is 185 cm³/mol. The molecule has 6 nitrogen and oxygen atoms in total. The van der Waals surface area contributed by atoms with Crippen LogP contribution in [-0.4, -0.2) is 16.2 Å². The lowest BCUT2D eigenvalue weighted by molar-refractivity contribution is 0.671. The summed E-state index contributed by atoms with van der Waals surface area (Å²) in [7, 11) is 0. The van der Waals surface area contributed by atoms with Crippen LogP contribution in [0.25, 0.3) is 49.4 Å². The van der Waals surface area contributed by atoms with E-state index in [0.29, 0.717) is 11.4 Å². The Morgan fingerprint density at radius 2 is 1.35 bits per heavy atom. The predicted octanol–water partition coefficient (Wildman–Crippen LogP) is 9.05. The molecular weight excluding hydrogens is 566 g/mol. The number of nitrogens with one attached hydrogen (secondary N) is 1. The third kappa shape index (κ3) is 4.10. The van der Waals surface area contributed by atoms with Gasteiger partial charge in [-0.1, -0.05) is 72.8 Å². The third-order valence-corrected chi connectivity index (χ3v) is 8.71. The topological polar surface area (TPSA) is 78.6 Å². The van der Waals surface area contributed by atoms with Crippen molar-refractivity contribution in [3.05, 3.63) is 162 Å². The zero-order valence-corrected chi connectivity index (χ0v) is 24.6. The summed E-state index contributed by atoms with van der Waals surface area (Å²) in [5.41, 5.74) is 8.40. The number of nitriles is 1. The second-order valence-electron chi connectivity index (χ2n) is 11.4. The van der Waals surface area contributed by atoms with Crippen LogP contribution < -0.4 is 5.32 Å². The SMILES string of the molecule is N#Cc1ccc(C2=NC(c3ccccc3)NC(c3ccc(-n4c5ccccc5c5ccc6c7ccccc7oc6c54)cc3)=N2)cc1. The Hall–Kier alpha value is -6.45. The lowest BCUT2D eigenvalue weighted by Gasteiger charge is -2.23. The van der Waals surface area contributed by atoms with Crippen molar-refractivity contribution >= 4 is 55.4 Å². The van der Waals surface area contributed by atoms with Crippen molar-refractivity contribution in [2.75, 3.05) is 0 Å². The summed E-state index contributed by atoms with van der Waals surface area (Å²) in [5.74, 6) is 1.35. The number of furan rings is 1. The zero-order valence-electron chi connectivity index (χ0n) is 24.6. The van der Waals surface area contributed by atoms with Crippen molar-refractivity contribution in [3.63, 3.8) is 0 Å². The number of aromatic nitrogens is 1. The van der Waals surface area contributed by atoms with Gasteiger partial charge in [0.15, 0.2) is 11.4 Å². The van der Waals surface area contributed by atoms with E-state index in [1.54, 1.807) is 12.1 Å². The number of hydrogen-bond acceptors (Lipinski definition) is 5. The fourth-order valence-electron chi connectivity index (χ4n) is 6.49. The highest BCUT2D eigenvalue weighted by Gasteiger charge is 2.22. The van der Waals surface area contributed by atoms with Crippen molar-refractivity contribution in [2.24, 2.45) is 9.98 Å². The lowest BCUT2D eigenvalue weighted by atomic mass is 10.1. The number of amidine groups is 2. The molecule has 0 radical (unpaired) electrons. The van der Waals surface area contributed by atoms with Gasteiger partial charge in [0.2, 0.25) is 0 Å². The van der Waals surface area contributed by atoms with Gasteiger partial charge in [-0.15, -0.1) is 0 Å². The van der Waals surface area contributed by atoms with Gasteiger partial charge in [0.25, 0.3) is 0 Å². The van der Waals surface area contributed by atoms with Crippen molar-refractivity contribution in [1.82, 2.24) is 9.88 Å². The van der Waals surface area contributed by atoms with Crippen molar-refractivity contribution in [2.45, 2.75) is 6.17 Å². The average molecular weight is 592 g/mol. The molecule has 0 aliphatic carbocycles. The number of rotatable bonds is 4. The van der Waals surface area contributed by atoms with Gasteiger partial charge in [0.1, 0.15) is 17.6 Å². The van der Waals surface area contributed by atoms with E-state index < -0.39 is 0 Å². The smallest absolute Gasteiger partial charge is 0.160 e. The first-order valence-electron chi connectivity index (χ1n) is 15.2. The second kappa shape index (κ2) is 10.3. The standard InChI is InChI=1S/C40H25N5O/c41-24-25-14-16-27(17-15-25)39-42-38(26-8-2-1-3-9-26)43-40(44-39)28-18-20-29(21-19-28)45-34-12-6-4-10-30(34)32-22-23-33-31-11-5-7-13-35(31)46-37(33)36(32)45/h1-23,38H,(H,42,43,44). The van der Waals surface area contributed by atoms with Crippen LogP contribution >= 0.6 is 0 Å². The number of nitrogens with zero attached hydrogens (tertiary/aromatic N) is 4. The Kier molecular flexibility index (Phi) is 5.84. The maximum absolute atomic E-state index is 9.29. The summed E-state index contributed by atoms with van der Waals surface area (Å²) >= 11 is 0. The van der Waals surface area contributed by atoms with Crippen molar-refractivity contribution in [3.8, 4) is 11.8 Å². The first-order chi connectivity index (χ1) is 22.7. The highest BCUT2D eigenvalue weighted by atomic mass is 16.3. The molecule has 3 heterocycles. The Labute approximate surface area is 264 Å². The van der Waals surface area contributed by atoms with Gasteiger partial charge in [0.05, 0.1) is 22.7 Å². The van der Waals surface area contributed by atoms with E-state index in [9.17, 15) is 5.26 Å². The van der Waals surface area contributed by atoms with Gasteiger partial charge in [-0.3, -0.25) is 0 Å². The quantitative estimate of drug-likeness (QED) is 0.222. The number of benzene rings is 6. The Balaban J connectivity index is 1.18. The number of fused-ring (bicyclic) bond motifs is 7. The molecule has 1 aliphatic heterocycles. The minimum absolute atomic E-state index is 0.308. The van der Waals surface area contributed by atoms with Gasteiger partial charge in [0, 0.05) is 38.4 Å². The van der Waals surface area contributed by atoms with Crippen LogP contribution in [0.3, 0.4) is 0 Å². The lowest BCUT2D eigenvalue weighted by Crippen LogP contribution is -2.33. The van der Waals surface area contributed by atoms with Crippen LogP contribution in [0.1, 0.15) is 28.4 Å². The molecule has 0 saturated carbocycles. The number of hydrogen-bond donors (Lipinski definition) is 1. The summed E-state index contributed by atoms with van der Waals surface area (Å²) in [4.78, 5) is 9.91. The molecule has 1 atom stereocenters. The minimum Gasteiger partial charge on any atom is -0.454 e. The molecular formula is C40H25N5O. The summed E-state index contributed by atoms with van der Waals surface area (Å²) in [6.45, 7) is 0. The molecule has 2 aromatic heterocycles. The maximum atomic E-state index is 9.29. The van der Waals surface area contributed by atoms with Gasteiger partial charge in [-0.2, -0.15) is 5.26 Å². The van der Waals surface area contributed by atoms with Crippen LogP contribution in [0.2, 0.25) is 0 Å². The normalized spacial score (nSPS) is 14.7. The summed E-state index contributed by atoms with van der Waals surface area (Å²) in [5, 5.41) is 17.4. The highest BCUT2D eigenvalue weighted by Crippen LogP contribution is 2.40. The molecule has 0 bridgehead atoms. The molecule has 9 rings (SSSR count). The first-order valence-corrected chi connectivity index (χ1v) is 15.2. The number of aliphatic imine (C=N–C) groups is 2. The second-order valence-corrected chi connectivity index (χ2v) is 11.4. The molecule has 0 amide bonds. The Bertz CT molecular complexity index is 2550. The van der Waals surface area contributed by atoms with Crippen LogP contribution in [0.4, 0.5) is 0 Å². The molecule has 0 spiro atoms. The Morgan fingerprint density at radius 1 is 0.652 bits per heavy atom. The number of para-hydroxylation sites is 2. The minimum atomic E-state index is -0.308. The average Bonchev–Trinajstić information content (AvgIpc) is 3.68. The molecule has 1 aliphatic rings. The first kappa shape index (κ1) is 26.0. The van der Waals surface area contributed by atoms with E-state index in [0.717, 1.165) is 66.6 Å². The molecule has 46 heavy (non-hydrogen) atoms. The summed E-state index contributed by atoms with van der Waals surface area (Å²) in [6, 6.07) is 49.3. The fourth-order valence-corrected chi connectivity index (χ4v) is 6.49. The van der Waals surface area contributed by atoms with Crippen LogP contribution in [0.15, 0.2) is 154 Å². The van der Waals surface area contributed by atoms with Crippen molar-refractivity contribution in [1.29, 1.82) is 5.26 Å². The van der Waals surface area contributed by atoms with E-state index in [-0.39, 0.29) is 6.17 Å². The van der Waals surface area contributed by atoms with Crippen LogP contribution in [0, 0.1) is 11.3 Å². The van der Waals surface area contributed by atoms with Gasteiger partial charge < -0.3 is 14.3 Å². The molecule has 216 valence electrons. The molecule has 6 aromatic carbocycles. The van der Waals surface area contributed by atoms with Crippen molar-refractivity contribution < 1.29 is 4.42 Å². The van der Waals surface area contributed by atoms with E-state index in [4.69, 9.17) is 14.4 Å². The molecule has 6 heteroatoms. The monoisotopic (exact) mass is 591 g/mol. The molecule has 1 N–H and O–H groups in total. The van der Waals surface area contributed by atoms with E-state index in [1.807, 2.05) is 42.5 Å². The zero-order chi connectivity index (χ0) is 30.6.